The molecule has 0 unspecified atom stereocenters. The molecule has 4 nitrogen and oxygen atoms in total. The number of hydrogen-bond acceptors (Lipinski definition) is 4. The van der Waals surface area contributed by atoms with Crippen molar-refractivity contribution in [2.45, 2.75) is 57.9 Å². The summed E-state index contributed by atoms with van der Waals surface area (Å²) in [7, 11) is 0. The number of amidine groups is 1. The maximum absolute atomic E-state index is 14.2. The summed E-state index contributed by atoms with van der Waals surface area (Å²) in [6, 6.07) is 6.85. The number of halogens is 3. The summed E-state index contributed by atoms with van der Waals surface area (Å²) in [4.78, 5) is 0. The molecule has 0 amide bonds. The Bertz CT molecular complexity index is 833. The van der Waals surface area contributed by atoms with Crippen LogP contribution in [0.25, 0.3) is 0 Å². The van der Waals surface area contributed by atoms with E-state index in [1.54, 1.807) is 12.1 Å². The molecule has 0 radical (unpaired) electrons. The Kier molecular flexibility index (Phi) is 6.12. The van der Waals surface area contributed by atoms with Gasteiger partial charge in [-0.05, 0) is 57.4 Å². The second kappa shape index (κ2) is 8.75. The standard InChI is InChI=1S/C21H25Cl2FN4/c22-17-9-3-2-8-16(17)21-25-27(13-15-7-1-5-11-19(15)24)14-28(26-21)20-12-6-4-10-18(20)23/h1,5,7,11H,2-4,6,8-10,12-14H2,(H,25,26). The van der Waals surface area contributed by atoms with Gasteiger partial charge >= 0.3 is 0 Å². The zero-order valence-corrected chi connectivity index (χ0v) is 17.4. The Morgan fingerprint density at radius 1 is 0.964 bits per heavy atom. The van der Waals surface area contributed by atoms with E-state index in [-0.39, 0.29) is 5.82 Å². The van der Waals surface area contributed by atoms with Gasteiger partial charge in [0.15, 0.2) is 5.84 Å². The first-order chi connectivity index (χ1) is 13.6. The number of nitrogens with one attached hydrogen (secondary N) is 1. The van der Waals surface area contributed by atoms with Gasteiger partial charge < -0.3 is 0 Å². The maximum Gasteiger partial charge on any atom is 0.169 e. The maximum atomic E-state index is 14.2. The first-order valence-electron chi connectivity index (χ1n) is 9.98. The molecule has 28 heavy (non-hydrogen) atoms. The molecule has 150 valence electrons. The summed E-state index contributed by atoms with van der Waals surface area (Å²) in [5.41, 5.74) is 6.23. The van der Waals surface area contributed by atoms with E-state index in [1.807, 2.05) is 11.1 Å². The van der Waals surface area contributed by atoms with Gasteiger partial charge in [0, 0.05) is 21.2 Å². The number of nitrogens with zero attached hydrogens (tertiary/aromatic N) is 3. The highest BCUT2D eigenvalue weighted by Crippen LogP contribution is 2.32. The summed E-state index contributed by atoms with van der Waals surface area (Å²) < 4.78 is 14.2. The largest absolute Gasteiger partial charge is 0.278 e. The smallest absolute Gasteiger partial charge is 0.169 e. The minimum atomic E-state index is -0.214. The number of rotatable bonds is 4. The molecule has 4 rings (SSSR count). The monoisotopic (exact) mass is 422 g/mol. The van der Waals surface area contributed by atoms with Crippen LogP contribution in [0.4, 0.5) is 4.39 Å². The average molecular weight is 423 g/mol. The third kappa shape index (κ3) is 4.31. The second-order valence-corrected chi connectivity index (χ2v) is 8.45. The number of hydrazone groups is 1. The van der Waals surface area contributed by atoms with Crippen LogP contribution in [0, 0.1) is 5.82 Å². The van der Waals surface area contributed by atoms with Crippen molar-refractivity contribution in [3.63, 3.8) is 0 Å². The molecule has 0 atom stereocenters. The quantitative estimate of drug-likeness (QED) is 0.663. The molecule has 2 aliphatic carbocycles. The molecule has 0 spiro atoms. The van der Waals surface area contributed by atoms with Crippen molar-refractivity contribution >= 4 is 29.0 Å². The Morgan fingerprint density at radius 3 is 2.43 bits per heavy atom. The van der Waals surface area contributed by atoms with E-state index in [2.05, 4.69) is 10.4 Å². The molecule has 3 aliphatic rings. The van der Waals surface area contributed by atoms with E-state index in [0.717, 1.165) is 78.5 Å². The third-order valence-corrected chi connectivity index (χ3v) is 6.31. The van der Waals surface area contributed by atoms with Gasteiger partial charge in [-0.2, -0.15) is 5.10 Å². The van der Waals surface area contributed by atoms with Gasteiger partial charge in [-0.25, -0.2) is 4.39 Å². The van der Waals surface area contributed by atoms with Crippen LogP contribution in [0.2, 0.25) is 0 Å². The Hall–Kier alpha value is -1.72. The number of hydrazine groups is 1. The highest BCUT2D eigenvalue weighted by molar-refractivity contribution is 6.32. The molecule has 0 bridgehead atoms. The number of allylic oxidation sites excluding steroid dienone is 3. The average Bonchev–Trinajstić information content (AvgIpc) is 2.70. The van der Waals surface area contributed by atoms with E-state index >= 15 is 0 Å². The predicted octanol–water partition coefficient (Wildman–Crippen LogP) is 5.81. The molecule has 1 aromatic carbocycles. The summed E-state index contributed by atoms with van der Waals surface area (Å²) >= 11 is 13.1. The van der Waals surface area contributed by atoms with Crippen LogP contribution in [-0.2, 0) is 6.54 Å². The highest BCUT2D eigenvalue weighted by Gasteiger charge is 2.28. The zero-order chi connectivity index (χ0) is 19.5. The van der Waals surface area contributed by atoms with Crippen molar-refractivity contribution in [1.29, 1.82) is 0 Å². The fraction of sp³-hybridized carbons (Fsp3) is 0.476. The Morgan fingerprint density at radius 2 is 1.68 bits per heavy atom. The van der Waals surface area contributed by atoms with Gasteiger partial charge in [-0.15, -0.1) is 0 Å². The minimum Gasteiger partial charge on any atom is -0.278 e. The van der Waals surface area contributed by atoms with Crippen molar-refractivity contribution < 1.29 is 4.39 Å². The van der Waals surface area contributed by atoms with Crippen molar-refractivity contribution in [2.24, 2.45) is 5.10 Å². The topological polar surface area (TPSA) is 30.9 Å². The summed E-state index contributed by atoms with van der Waals surface area (Å²) in [5.74, 6) is 0.545. The summed E-state index contributed by atoms with van der Waals surface area (Å²) in [6.07, 6.45) is 8.06. The predicted molar refractivity (Wildman–Crippen MR) is 112 cm³/mol. The van der Waals surface area contributed by atoms with Gasteiger partial charge in [0.1, 0.15) is 12.5 Å². The fourth-order valence-corrected chi connectivity index (χ4v) is 4.61. The third-order valence-electron chi connectivity index (χ3n) is 5.48. The van der Waals surface area contributed by atoms with Gasteiger partial charge in [-0.3, -0.25) is 15.4 Å². The summed E-state index contributed by atoms with van der Waals surface area (Å²) in [5, 5.41) is 10.5. The Balaban J connectivity index is 1.65. The lowest BCUT2D eigenvalue weighted by Gasteiger charge is -2.40. The van der Waals surface area contributed by atoms with E-state index in [4.69, 9.17) is 28.3 Å². The van der Waals surface area contributed by atoms with Crippen molar-refractivity contribution in [3.8, 4) is 0 Å². The molecule has 0 aromatic heterocycles. The second-order valence-electron chi connectivity index (χ2n) is 7.54. The van der Waals surface area contributed by atoms with Gasteiger partial charge in [0.25, 0.3) is 0 Å². The number of benzene rings is 1. The highest BCUT2D eigenvalue weighted by atomic mass is 35.5. The molecule has 1 N–H and O–H groups in total. The molecule has 0 saturated heterocycles. The molecule has 1 aromatic rings. The van der Waals surface area contributed by atoms with E-state index in [1.165, 1.54) is 6.07 Å². The lowest BCUT2D eigenvalue weighted by molar-refractivity contribution is 0.109. The van der Waals surface area contributed by atoms with Crippen molar-refractivity contribution in [1.82, 2.24) is 15.4 Å². The van der Waals surface area contributed by atoms with Crippen LogP contribution in [0.15, 0.2) is 50.7 Å². The number of hydrogen-bond donors (Lipinski definition) is 1. The van der Waals surface area contributed by atoms with Crippen LogP contribution < -0.4 is 5.43 Å². The molecular formula is C21H25Cl2FN4. The van der Waals surface area contributed by atoms with Gasteiger partial charge in [-0.1, -0.05) is 41.4 Å². The normalized spacial score (nSPS) is 21.0. The molecular weight excluding hydrogens is 398 g/mol. The Labute approximate surface area is 175 Å². The van der Waals surface area contributed by atoms with Crippen LogP contribution in [-0.4, -0.2) is 22.5 Å². The molecule has 0 fully saturated rings. The first kappa shape index (κ1) is 19.6. The van der Waals surface area contributed by atoms with E-state index < -0.39 is 0 Å². The molecule has 1 heterocycles. The minimum absolute atomic E-state index is 0.214. The summed E-state index contributed by atoms with van der Waals surface area (Å²) in [6.45, 7) is 0.901. The lowest BCUT2D eigenvalue weighted by Crippen LogP contribution is -2.52. The molecule has 7 heteroatoms. The first-order valence-corrected chi connectivity index (χ1v) is 10.7. The van der Waals surface area contributed by atoms with Gasteiger partial charge in [0.05, 0.1) is 12.2 Å². The van der Waals surface area contributed by atoms with Crippen molar-refractivity contribution in [3.05, 3.63) is 57.0 Å². The van der Waals surface area contributed by atoms with Crippen LogP contribution in [0.1, 0.15) is 56.9 Å². The van der Waals surface area contributed by atoms with Crippen LogP contribution in [0.5, 0.6) is 0 Å². The fourth-order valence-electron chi connectivity index (χ4n) is 3.96. The lowest BCUT2D eigenvalue weighted by atomic mass is 9.98. The van der Waals surface area contributed by atoms with E-state index in [0.29, 0.717) is 18.8 Å². The van der Waals surface area contributed by atoms with Crippen LogP contribution >= 0.6 is 23.2 Å². The molecule has 0 saturated carbocycles. The van der Waals surface area contributed by atoms with Crippen LogP contribution in [0.3, 0.4) is 0 Å². The zero-order valence-electron chi connectivity index (χ0n) is 15.9. The molecule has 1 aliphatic heterocycles. The van der Waals surface area contributed by atoms with Gasteiger partial charge in [0.2, 0.25) is 0 Å². The van der Waals surface area contributed by atoms with Crippen molar-refractivity contribution in [2.75, 3.05) is 6.67 Å². The van der Waals surface area contributed by atoms with E-state index in [9.17, 15) is 4.39 Å². The SMILES string of the molecule is Fc1ccccc1CN1CN(C2=C(Cl)CCCC2)NC(C2=C(Cl)CCCC2)=N1.